The number of benzene rings is 2. The Hall–Kier alpha value is -3.06. The number of ketones is 1. The van der Waals surface area contributed by atoms with Gasteiger partial charge in [0.25, 0.3) is 0 Å². The first-order valence-electron chi connectivity index (χ1n) is 11.3. The maximum Gasteiger partial charge on any atom is 0.222 e. The first-order valence-corrected chi connectivity index (χ1v) is 11.3. The lowest BCUT2D eigenvalue weighted by atomic mass is 9.80. The van der Waals surface area contributed by atoms with Gasteiger partial charge in [0.05, 0.1) is 5.69 Å². The van der Waals surface area contributed by atoms with Gasteiger partial charge in [-0.05, 0) is 73.9 Å². The number of nitrogens with zero attached hydrogens (tertiary/aromatic N) is 1. The Morgan fingerprint density at radius 2 is 1.82 bits per heavy atom. The lowest BCUT2D eigenvalue weighted by molar-refractivity contribution is -0.126. The van der Waals surface area contributed by atoms with E-state index in [1.165, 1.54) is 6.07 Å². The van der Waals surface area contributed by atoms with Crippen molar-refractivity contribution in [3.63, 3.8) is 0 Å². The van der Waals surface area contributed by atoms with Crippen molar-refractivity contribution in [1.82, 2.24) is 4.98 Å². The number of carbonyl (C=O) groups excluding carboxylic acids is 1. The van der Waals surface area contributed by atoms with E-state index in [9.17, 15) is 18.7 Å². The number of aromatic hydroxyl groups is 1. The molecule has 2 aliphatic rings. The van der Waals surface area contributed by atoms with E-state index in [4.69, 9.17) is 14.5 Å². The van der Waals surface area contributed by atoms with Gasteiger partial charge in [0, 0.05) is 36.0 Å². The molecule has 1 aromatic heterocycles. The number of phenols is 1. The highest BCUT2D eigenvalue weighted by Crippen LogP contribution is 2.43. The van der Waals surface area contributed by atoms with Gasteiger partial charge in [-0.3, -0.25) is 4.79 Å². The Bertz CT molecular complexity index is 1220. The van der Waals surface area contributed by atoms with Crippen LogP contribution in [0.5, 0.6) is 11.6 Å². The molecule has 5 nitrogen and oxygen atoms in total. The second kappa shape index (κ2) is 8.71. The number of Topliss-reactive ketones (excluding diaryl/α,β-unsaturated/α-hetero) is 1. The zero-order chi connectivity index (χ0) is 23.1. The van der Waals surface area contributed by atoms with Crippen LogP contribution in [0.1, 0.15) is 44.2 Å². The third-order valence-electron chi connectivity index (χ3n) is 6.75. The van der Waals surface area contributed by atoms with Crippen LogP contribution in [0.4, 0.5) is 8.78 Å². The number of hydrogen-bond donors (Lipinski definition) is 1. The summed E-state index contributed by atoms with van der Waals surface area (Å²) in [6, 6.07) is 8.76. The van der Waals surface area contributed by atoms with Crippen LogP contribution in [0.3, 0.4) is 0 Å². The van der Waals surface area contributed by atoms with Gasteiger partial charge in [-0.1, -0.05) is 6.07 Å². The van der Waals surface area contributed by atoms with E-state index < -0.39 is 11.6 Å². The molecule has 0 atom stereocenters. The topological polar surface area (TPSA) is 68.7 Å². The summed E-state index contributed by atoms with van der Waals surface area (Å²) in [5.74, 6) is -1.17. The minimum absolute atomic E-state index is 0.00564. The van der Waals surface area contributed by atoms with E-state index in [0.717, 1.165) is 30.0 Å². The number of rotatable bonds is 5. The molecule has 7 heteroatoms. The predicted octanol–water partition coefficient (Wildman–Crippen LogP) is 5.53. The van der Waals surface area contributed by atoms with Gasteiger partial charge in [0.1, 0.15) is 17.6 Å². The van der Waals surface area contributed by atoms with Crippen molar-refractivity contribution in [2.24, 2.45) is 5.92 Å². The summed E-state index contributed by atoms with van der Waals surface area (Å²) in [5.41, 5.74) is 1.98. The Balaban J connectivity index is 1.67. The molecule has 0 amide bonds. The zero-order valence-corrected chi connectivity index (χ0v) is 18.3. The third-order valence-corrected chi connectivity index (χ3v) is 6.75. The second-order valence-corrected chi connectivity index (χ2v) is 8.94. The second-order valence-electron chi connectivity index (χ2n) is 8.94. The van der Waals surface area contributed by atoms with Gasteiger partial charge in [0.15, 0.2) is 11.6 Å². The summed E-state index contributed by atoms with van der Waals surface area (Å²) in [7, 11) is 0. The number of halogens is 2. The molecule has 1 saturated heterocycles. The van der Waals surface area contributed by atoms with Crippen LogP contribution in [0.15, 0.2) is 36.4 Å². The van der Waals surface area contributed by atoms with E-state index >= 15 is 0 Å². The third kappa shape index (κ3) is 4.17. The maximum atomic E-state index is 14.2. The van der Waals surface area contributed by atoms with Crippen molar-refractivity contribution in [3.8, 4) is 22.8 Å². The molecule has 2 aromatic carbocycles. The summed E-state index contributed by atoms with van der Waals surface area (Å²) in [6.45, 7) is 2.78. The molecule has 3 aromatic rings. The van der Waals surface area contributed by atoms with Gasteiger partial charge < -0.3 is 14.6 Å². The molecule has 1 saturated carbocycles. The predicted molar refractivity (Wildman–Crippen MR) is 119 cm³/mol. The molecule has 0 radical (unpaired) electrons. The van der Waals surface area contributed by atoms with Gasteiger partial charge in [0.2, 0.25) is 5.88 Å². The van der Waals surface area contributed by atoms with Crippen LogP contribution in [0.2, 0.25) is 0 Å². The average Bonchev–Trinajstić information content (AvgIpc) is 2.77. The molecule has 1 aliphatic heterocycles. The Kier molecular flexibility index (Phi) is 5.74. The van der Waals surface area contributed by atoms with E-state index in [0.29, 0.717) is 48.4 Å². The van der Waals surface area contributed by atoms with Gasteiger partial charge in [-0.2, -0.15) is 0 Å². The van der Waals surface area contributed by atoms with E-state index in [-0.39, 0.29) is 29.5 Å². The standard InChI is InChI=1S/C26H25F2NO4/c1-14(30)17-10-19(11-17)33-26-21-13-18(31)3-4-20(21)24(16-2-5-22(27)23(28)12-16)25(29-26)15-6-8-32-9-7-15/h2-5,12-13,15,17,19,31H,6-11H2,1H3. The fraction of sp³-hybridized carbons (Fsp3) is 0.385. The lowest BCUT2D eigenvalue weighted by Gasteiger charge is -2.34. The number of fused-ring (bicyclic) bond motifs is 1. The number of hydrogen-bond acceptors (Lipinski definition) is 5. The number of carbonyl (C=O) groups is 1. The van der Waals surface area contributed by atoms with Crippen LogP contribution in [0, 0.1) is 17.6 Å². The fourth-order valence-corrected chi connectivity index (χ4v) is 4.75. The van der Waals surface area contributed by atoms with Crippen molar-refractivity contribution in [1.29, 1.82) is 0 Å². The highest BCUT2D eigenvalue weighted by molar-refractivity contribution is 6.01. The molecule has 2 heterocycles. The molecular weight excluding hydrogens is 428 g/mol. The molecule has 5 rings (SSSR count). The molecule has 1 aliphatic carbocycles. The summed E-state index contributed by atoms with van der Waals surface area (Å²) in [4.78, 5) is 16.5. The molecule has 0 bridgehead atoms. The van der Waals surface area contributed by atoms with Crippen LogP contribution < -0.4 is 4.74 Å². The lowest BCUT2D eigenvalue weighted by Crippen LogP contribution is -2.37. The SMILES string of the molecule is CC(=O)C1CC(Oc2nc(C3CCOCC3)c(-c3ccc(F)c(F)c3)c3ccc(O)cc23)C1. The minimum Gasteiger partial charge on any atom is -0.508 e. The molecule has 0 unspecified atom stereocenters. The highest BCUT2D eigenvalue weighted by Gasteiger charge is 2.35. The van der Waals surface area contributed by atoms with Crippen molar-refractivity contribution in [3.05, 3.63) is 53.7 Å². The molecular formula is C26H25F2NO4. The number of ether oxygens (including phenoxy) is 2. The fourth-order valence-electron chi connectivity index (χ4n) is 4.75. The van der Waals surface area contributed by atoms with E-state index in [1.807, 2.05) is 0 Å². The quantitative estimate of drug-likeness (QED) is 0.551. The molecule has 33 heavy (non-hydrogen) atoms. The Morgan fingerprint density at radius 3 is 2.52 bits per heavy atom. The van der Waals surface area contributed by atoms with Crippen molar-refractivity contribution < 1.29 is 28.2 Å². The molecule has 2 fully saturated rings. The van der Waals surface area contributed by atoms with Crippen molar-refractivity contribution >= 4 is 16.6 Å². The summed E-state index contributed by atoms with van der Waals surface area (Å²) in [6.07, 6.45) is 2.64. The number of phenolic OH excluding ortho intramolecular Hbond substituents is 1. The van der Waals surface area contributed by atoms with Crippen LogP contribution in [-0.4, -0.2) is 35.2 Å². The minimum atomic E-state index is -0.928. The summed E-state index contributed by atoms with van der Waals surface area (Å²) >= 11 is 0. The van der Waals surface area contributed by atoms with Gasteiger partial charge in [-0.15, -0.1) is 0 Å². The first-order chi connectivity index (χ1) is 15.9. The zero-order valence-electron chi connectivity index (χ0n) is 18.3. The van der Waals surface area contributed by atoms with Crippen molar-refractivity contribution in [2.45, 2.75) is 44.6 Å². The smallest absolute Gasteiger partial charge is 0.222 e. The Morgan fingerprint density at radius 1 is 1.06 bits per heavy atom. The van der Waals surface area contributed by atoms with E-state index in [1.54, 1.807) is 31.2 Å². The van der Waals surface area contributed by atoms with Crippen LogP contribution >= 0.6 is 0 Å². The average molecular weight is 453 g/mol. The molecule has 0 spiro atoms. The Labute approximate surface area is 190 Å². The van der Waals surface area contributed by atoms with Gasteiger partial charge >= 0.3 is 0 Å². The first kappa shape index (κ1) is 21.8. The maximum absolute atomic E-state index is 14.2. The number of pyridine rings is 1. The molecule has 1 N–H and O–H groups in total. The van der Waals surface area contributed by atoms with Crippen molar-refractivity contribution in [2.75, 3.05) is 13.2 Å². The van der Waals surface area contributed by atoms with Crippen LogP contribution in [-0.2, 0) is 9.53 Å². The molecule has 172 valence electrons. The largest absolute Gasteiger partial charge is 0.508 e. The highest BCUT2D eigenvalue weighted by atomic mass is 19.2. The summed E-state index contributed by atoms with van der Waals surface area (Å²) < 4.78 is 39.6. The monoisotopic (exact) mass is 453 g/mol. The van der Waals surface area contributed by atoms with Crippen LogP contribution in [0.25, 0.3) is 21.9 Å². The number of aromatic nitrogens is 1. The normalized spacial score (nSPS) is 21.1. The summed E-state index contributed by atoms with van der Waals surface area (Å²) in [5, 5.41) is 11.5. The van der Waals surface area contributed by atoms with E-state index in [2.05, 4.69) is 0 Å². The van der Waals surface area contributed by atoms with Gasteiger partial charge in [-0.25, -0.2) is 13.8 Å².